The lowest BCUT2D eigenvalue weighted by Crippen LogP contribution is -2.22. The summed E-state index contributed by atoms with van der Waals surface area (Å²) in [6.45, 7) is 12.3. The Morgan fingerprint density at radius 3 is 2.64 bits per heavy atom. The van der Waals surface area contributed by atoms with Crippen molar-refractivity contribution in [3.8, 4) is 0 Å². The van der Waals surface area contributed by atoms with Crippen molar-refractivity contribution in [3.63, 3.8) is 0 Å². The highest BCUT2D eigenvalue weighted by Gasteiger charge is 2.19. The van der Waals surface area contributed by atoms with Gasteiger partial charge < -0.3 is 9.30 Å². The molecule has 0 bridgehead atoms. The third-order valence-electron chi connectivity index (χ3n) is 4.48. The molecule has 0 aliphatic carbocycles. The van der Waals surface area contributed by atoms with Crippen molar-refractivity contribution >= 4 is 29.9 Å². The van der Waals surface area contributed by atoms with Crippen LogP contribution in [0.1, 0.15) is 25.5 Å². The normalized spacial score (nSPS) is 12.6. The van der Waals surface area contributed by atoms with Gasteiger partial charge in [-0.3, -0.25) is 4.79 Å². The van der Waals surface area contributed by atoms with E-state index >= 15 is 0 Å². The van der Waals surface area contributed by atoms with E-state index in [9.17, 15) is 4.79 Å². The average molecular weight is 358 g/mol. The zero-order valence-corrected chi connectivity index (χ0v) is 16.7. The highest BCUT2D eigenvalue weighted by Crippen LogP contribution is 2.31. The molecule has 0 atom stereocenters. The van der Waals surface area contributed by atoms with E-state index in [2.05, 4.69) is 49.8 Å². The van der Waals surface area contributed by atoms with Gasteiger partial charge in [0, 0.05) is 25.5 Å². The molecular formula is C19H27N3O2Si. The highest BCUT2D eigenvalue weighted by molar-refractivity contribution is 6.76. The van der Waals surface area contributed by atoms with Gasteiger partial charge in [0.25, 0.3) is 5.56 Å². The van der Waals surface area contributed by atoms with Gasteiger partial charge in [0.2, 0.25) is 0 Å². The summed E-state index contributed by atoms with van der Waals surface area (Å²) < 4.78 is 7.94. The molecule has 2 aromatic heterocycles. The minimum Gasteiger partial charge on any atom is -0.361 e. The fraction of sp³-hybridized carbons (Fsp3) is 0.474. The molecular weight excluding hydrogens is 330 g/mol. The van der Waals surface area contributed by atoms with Gasteiger partial charge in [-0.05, 0) is 18.0 Å². The molecule has 1 N–H and O–H groups in total. The van der Waals surface area contributed by atoms with Crippen LogP contribution < -0.4 is 5.56 Å². The Bertz CT molecular complexity index is 951. The zero-order chi connectivity index (χ0) is 18.2. The number of H-pyrrole nitrogens is 1. The number of nitrogens with one attached hydrogen (secondary N) is 1. The van der Waals surface area contributed by atoms with Crippen molar-refractivity contribution in [2.45, 2.75) is 52.2 Å². The summed E-state index contributed by atoms with van der Waals surface area (Å²) in [6, 6.07) is 9.21. The molecule has 1 aromatic carbocycles. The molecule has 6 heteroatoms. The first kappa shape index (κ1) is 17.9. The second-order valence-electron chi connectivity index (χ2n) is 8.11. The maximum Gasteiger partial charge on any atom is 0.288 e. The van der Waals surface area contributed by atoms with Gasteiger partial charge in [0.05, 0.1) is 11.2 Å². The summed E-state index contributed by atoms with van der Waals surface area (Å²) in [6.07, 6.45) is 0. The summed E-state index contributed by atoms with van der Waals surface area (Å²) in [5.41, 5.74) is 2.44. The molecule has 0 saturated carbocycles. The van der Waals surface area contributed by atoms with E-state index in [-0.39, 0.29) is 11.5 Å². The lowest BCUT2D eigenvalue weighted by Gasteiger charge is -2.16. The van der Waals surface area contributed by atoms with Crippen LogP contribution >= 0.6 is 0 Å². The number of rotatable bonds is 6. The van der Waals surface area contributed by atoms with Gasteiger partial charge in [-0.2, -0.15) is 5.10 Å². The number of ether oxygens (including phenoxy) is 1. The quantitative estimate of drug-likeness (QED) is 0.528. The van der Waals surface area contributed by atoms with Crippen molar-refractivity contribution in [1.29, 1.82) is 0 Å². The molecule has 0 saturated heterocycles. The topological polar surface area (TPSA) is 59.9 Å². The molecule has 0 spiro atoms. The lowest BCUT2D eigenvalue weighted by atomic mass is 10.0. The van der Waals surface area contributed by atoms with Gasteiger partial charge in [0.1, 0.15) is 12.2 Å². The highest BCUT2D eigenvalue weighted by atomic mass is 28.3. The second kappa shape index (κ2) is 6.76. The van der Waals surface area contributed by atoms with Crippen LogP contribution in [0.25, 0.3) is 21.8 Å². The average Bonchev–Trinajstić information content (AvgIpc) is 2.86. The third kappa shape index (κ3) is 3.55. The Morgan fingerprint density at radius 2 is 1.96 bits per heavy atom. The van der Waals surface area contributed by atoms with Crippen LogP contribution in [-0.4, -0.2) is 29.4 Å². The number of aromatic amines is 1. The smallest absolute Gasteiger partial charge is 0.288 e. The van der Waals surface area contributed by atoms with E-state index in [1.54, 1.807) is 0 Å². The monoisotopic (exact) mass is 357 g/mol. The Balaban J connectivity index is 2.10. The van der Waals surface area contributed by atoms with Crippen LogP contribution in [0, 0.1) is 0 Å². The molecule has 0 aliphatic heterocycles. The Morgan fingerprint density at radius 1 is 1.24 bits per heavy atom. The minimum atomic E-state index is -1.13. The molecule has 0 amide bonds. The Hall–Kier alpha value is -1.92. The SMILES string of the molecule is CC(C)c1n[nH]c(=O)c2c1c1ccccc1n2COCC[Si](C)(C)C. The largest absolute Gasteiger partial charge is 0.361 e. The Labute approximate surface area is 149 Å². The minimum absolute atomic E-state index is 0.163. The molecule has 134 valence electrons. The maximum atomic E-state index is 12.5. The number of nitrogens with zero attached hydrogens (tertiary/aromatic N) is 2. The van der Waals surface area contributed by atoms with E-state index in [1.807, 2.05) is 22.8 Å². The van der Waals surface area contributed by atoms with Crippen LogP contribution in [0.5, 0.6) is 0 Å². The first-order valence-corrected chi connectivity index (χ1v) is 12.6. The number of hydrogen-bond acceptors (Lipinski definition) is 3. The van der Waals surface area contributed by atoms with Crippen LogP contribution in [-0.2, 0) is 11.5 Å². The zero-order valence-electron chi connectivity index (χ0n) is 15.7. The number of para-hydroxylation sites is 1. The summed E-state index contributed by atoms with van der Waals surface area (Å²) in [7, 11) is -1.13. The number of benzene rings is 1. The molecule has 0 fully saturated rings. The van der Waals surface area contributed by atoms with E-state index in [0.717, 1.165) is 34.6 Å². The molecule has 2 heterocycles. The van der Waals surface area contributed by atoms with Crippen LogP contribution in [0.2, 0.25) is 25.7 Å². The van der Waals surface area contributed by atoms with Crippen molar-refractivity contribution in [3.05, 3.63) is 40.3 Å². The molecule has 3 rings (SSSR count). The molecule has 0 radical (unpaired) electrons. The van der Waals surface area contributed by atoms with Crippen LogP contribution in [0.4, 0.5) is 0 Å². The van der Waals surface area contributed by atoms with Gasteiger partial charge in [-0.15, -0.1) is 0 Å². The molecule has 3 aromatic rings. The predicted octanol–water partition coefficient (Wildman–Crippen LogP) is 4.31. The third-order valence-corrected chi connectivity index (χ3v) is 6.19. The molecule has 0 unspecified atom stereocenters. The fourth-order valence-electron chi connectivity index (χ4n) is 3.10. The van der Waals surface area contributed by atoms with Crippen molar-refractivity contribution < 1.29 is 4.74 Å². The van der Waals surface area contributed by atoms with Crippen molar-refractivity contribution in [1.82, 2.24) is 14.8 Å². The van der Waals surface area contributed by atoms with Gasteiger partial charge in [-0.25, -0.2) is 5.10 Å². The fourth-order valence-corrected chi connectivity index (χ4v) is 3.86. The second-order valence-corrected chi connectivity index (χ2v) is 13.7. The Kier molecular flexibility index (Phi) is 4.84. The standard InChI is InChI=1S/C19H27N3O2Si/c1-13(2)17-16-14-8-6-7-9-15(14)22(18(16)19(23)21-20-17)12-24-10-11-25(3,4)5/h6-9,13H,10-12H2,1-5H3,(H,21,23). The summed E-state index contributed by atoms with van der Waals surface area (Å²) in [5.74, 6) is 0.228. The maximum absolute atomic E-state index is 12.5. The van der Waals surface area contributed by atoms with E-state index in [0.29, 0.717) is 12.2 Å². The molecule has 5 nitrogen and oxygen atoms in total. The van der Waals surface area contributed by atoms with Crippen molar-refractivity contribution in [2.75, 3.05) is 6.61 Å². The molecule has 0 aliphatic rings. The summed E-state index contributed by atoms with van der Waals surface area (Å²) >= 11 is 0. The lowest BCUT2D eigenvalue weighted by molar-refractivity contribution is 0.0928. The van der Waals surface area contributed by atoms with E-state index in [4.69, 9.17) is 4.74 Å². The van der Waals surface area contributed by atoms with Gasteiger partial charge >= 0.3 is 0 Å². The summed E-state index contributed by atoms with van der Waals surface area (Å²) in [4.78, 5) is 12.5. The van der Waals surface area contributed by atoms with E-state index < -0.39 is 8.07 Å². The van der Waals surface area contributed by atoms with E-state index in [1.165, 1.54) is 0 Å². The summed E-state index contributed by atoms with van der Waals surface area (Å²) in [5, 5.41) is 8.99. The number of aromatic nitrogens is 3. The predicted molar refractivity (Wildman–Crippen MR) is 106 cm³/mol. The molecule has 25 heavy (non-hydrogen) atoms. The number of hydrogen-bond donors (Lipinski definition) is 1. The first-order chi connectivity index (χ1) is 11.8. The van der Waals surface area contributed by atoms with Crippen molar-refractivity contribution in [2.24, 2.45) is 0 Å². The van der Waals surface area contributed by atoms with Crippen LogP contribution in [0.15, 0.2) is 29.1 Å². The first-order valence-electron chi connectivity index (χ1n) is 8.87. The van der Waals surface area contributed by atoms with Crippen LogP contribution in [0.3, 0.4) is 0 Å². The van der Waals surface area contributed by atoms with Gasteiger partial charge in [0.15, 0.2) is 0 Å². The van der Waals surface area contributed by atoms with Gasteiger partial charge in [-0.1, -0.05) is 51.7 Å². The number of fused-ring (bicyclic) bond motifs is 3.